The van der Waals surface area contributed by atoms with Gasteiger partial charge in [0.2, 0.25) is 0 Å². The van der Waals surface area contributed by atoms with Crippen molar-refractivity contribution in [2.45, 2.75) is 78.4 Å². The van der Waals surface area contributed by atoms with Crippen molar-refractivity contribution in [1.29, 1.82) is 0 Å². The molecule has 2 aliphatic rings. The lowest BCUT2D eigenvalue weighted by Crippen LogP contribution is -2.55. The van der Waals surface area contributed by atoms with Gasteiger partial charge in [-0.3, -0.25) is 0 Å². The predicted octanol–water partition coefficient (Wildman–Crippen LogP) is 4.47. The number of ether oxygens (including phenoxy) is 1. The molecule has 2 nitrogen and oxygen atoms in total. The molecule has 2 aliphatic heterocycles. The molecule has 4 atom stereocenters. The van der Waals surface area contributed by atoms with Crippen molar-refractivity contribution in [3.05, 3.63) is 0 Å². The first-order chi connectivity index (χ1) is 9.69. The Labute approximate surface area is 125 Å². The Morgan fingerprint density at radius 1 is 1.25 bits per heavy atom. The minimum atomic E-state index is 0.0353. The van der Waals surface area contributed by atoms with Gasteiger partial charge in [0.15, 0.2) is 0 Å². The Bertz CT molecular complexity index is 338. The molecule has 4 unspecified atom stereocenters. The number of unbranched alkanes of at least 4 members (excludes halogenated alkanes) is 2. The summed E-state index contributed by atoms with van der Waals surface area (Å²) < 4.78 is 8.98. The van der Waals surface area contributed by atoms with Gasteiger partial charge in [-0.2, -0.15) is 0 Å². The third kappa shape index (κ3) is 2.81. The molecule has 1 fully saturated rings. The molecule has 0 aliphatic carbocycles. The highest BCUT2D eigenvalue weighted by molar-refractivity contribution is 5.57. The Kier molecular flexibility index (Phi) is 5.65. The van der Waals surface area contributed by atoms with Crippen LogP contribution < -0.4 is 0 Å². The molecule has 0 N–H and O–H groups in total. The standard InChI is InChI=1S/C18H34NO/c1-5-8-9-11-17-15(4)16(6-2)14-19-13-10-12-18(17,19)20-7-3/h14-17H,5-13H2,1-4H3/q+1. The molecule has 2 rings (SSSR count). The topological polar surface area (TPSA) is 12.2 Å². The van der Waals surface area contributed by atoms with Crippen LogP contribution >= 0.6 is 0 Å². The van der Waals surface area contributed by atoms with Crippen LogP contribution in [0.2, 0.25) is 0 Å². The summed E-state index contributed by atoms with van der Waals surface area (Å²) in [5.41, 5.74) is 0.0353. The lowest BCUT2D eigenvalue weighted by molar-refractivity contribution is -0.658. The molecule has 1 saturated heterocycles. The van der Waals surface area contributed by atoms with Crippen molar-refractivity contribution < 1.29 is 9.31 Å². The van der Waals surface area contributed by atoms with Gasteiger partial charge in [0.05, 0.1) is 12.5 Å². The molecule has 0 aromatic rings. The quantitative estimate of drug-likeness (QED) is 0.495. The summed E-state index contributed by atoms with van der Waals surface area (Å²) >= 11 is 0. The van der Waals surface area contributed by atoms with Crippen molar-refractivity contribution >= 4 is 6.21 Å². The van der Waals surface area contributed by atoms with E-state index in [1.165, 1.54) is 51.5 Å². The van der Waals surface area contributed by atoms with E-state index >= 15 is 0 Å². The average Bonchev–Trinajstić information content (AvgIpc) is 2.84. The molecule has 0 amide bonds. The predicted molar refractivity (Wildman–Crippen MR) is 85.4 cm³/mol. The fourth-order valence-electron chi connectivity index (χ4n) is 4.60. The maximum atomic E-state index is 6.40. The Hall–Kier alpha value is -0.370. The van der Waals surface area contributed by atoms with Gasteiger partial charge in [0, 0.05) is 18.8 Å². The summed E-state index contributed by atoms with van der Waals surface area (Å²) in [6.45, 7) is 11.3. The van der Waals surface area contributed by atoms with Crippen LogP contribution in [-0.2, 0) is 4.74 Å². The van der Waals surface area contributed by atoms with Gasteiger partial charge in [-0.1, -0.05) is 40.0 Å². The molecule has 0 spiro atoms. The molecule has 0 aromatic carbocycles. The fourth-order valence-corrected chi connectivity index (χ4v) is 4.60. The van der Waals surface area contributed by atoms with Crippen LogP contribution in [0.1, 0.15) is 72.6 Å². The summed E-state index contributed by atoms with van der Waals surface area (Å²) in [5.74, 6) is 2.22. The molecular formula is C18H34NO+. The normalized spacial score (nSPS) is 36.8. The van der Waals surface area contributed by atoms with Crippen LogP contribution in [0.3, 0.4) is 0 Å². The smallest absolute Gasteiger partial charge is 0.270 e. The molecule has 0 saturated carbocycles. The number of rotatable bonds is 7. The van der Waals surface area contributed by atoms with E-state index in [0.29, 0.717) is 5.92 Å². The molecule has 0 radical (unpaired) electrons. The van der Waals surface area contributed by atoms with Crippen LogP contribution in [0.4, 0.5) is 0 Å². The third-order valence-corrected chi connectivity index (χ3v) is 5.67. The third-order valence-electron chi connectivity index (χ3n) is 5.67. The van der Waals surface area contributed by atoms with E-state index < -0.39 is 0 Å². The number of nitrogens with zero attached hydrogens (tertiary/aromatic N) is 1. The lowest BCUT2D eigenvalue weighted by Gasteiger charge is -2.42. The largest absolute Gasteiger partial charge is 0.319 e. The highest BCUT2D eigenvalue weighted by Crippen LogP contribution is 2.46. The Balaban J connectivity index is 2.24. The maximum Gasteiger partial charge on any atom is 0.270 e. The Morgan fingerprint density at radius 3 is 2.70 bits per heavy atom. The van der Waals surface area contributed by atoms with E-state index in [-0.39, 0.29) is 5.72 Å². The van der Waals surface area contributed by atoms with E-state index in [9.17, 15) is 0 Å². The van der Waals surface area contributed by atoms with Crippen molar-refractivity contribution in [3.8, 4) is 0 Å². The number of fused-ring (bicyclic) bond motifs is 1. The van der Waals surface area contributed by atoms with Gasteiger partial charge in [-0.05, 0) is 25.7 Å². The summed E-state index contributed by atoms with van der Waals surface area (Å²) in [5, 5.41) is 0. The average molecular weight is 280 g/mol. The van der Waals surface area contributed by atoms with Crippen molar-refractivity contribution in [3.63, 3.8) is 0 Å². The van der Waals surface area contributed by atoms with Crippen LogP contribution in [0.5, 0.6) is 0 Å². The molecule has 0 aromatic heterocycles. The zero-order valence-corrected chi connectivity index (χ0v) is 14.0. The minimum absolute atomic E-state index is 0.0353. The molecule has 0 bridgehead atoms. The lowest BCUT2D eigenvalue weighted by atomic mass is 9.71. The first-order valence-corrected chi connectivity index (χ1v) is 8.95. The fraction of sp³-hybridized carbons (Fsp3) is 0.944. The highest BCUT2D eigenvalue weighted by atomic mass is 16.5. The second-order valence-corrected chi connectivity index (χ2v) is 6.76. The van der Waals surface area contributed by atoms with Gasteiger partial charge >= 0.3 is 0 Å². The van der Waals surface area contributed by atoms with Crippen molar-refractivity contribution in [2.75, 3.05) is 13.2 Å². The zero-order valence-electron chi connectivity index (χ0n) is 14.0. The van der Waals surface area contributed by atoms with E-state index in [4.69, 9.17) is 4.74 Å². The highest BCUT2D eigenvalue weighted by Gasteiger charge is 2.58. The monoisotopic (exact) mass is 280 g/mol. The van der Waals surface area contributed by atoms with E-state index in [1.807, 2.05) is 0 Å². The first-order valence-electron chi connectivity index (χ1n) is 8.95. The van der Waals surface area contributed by atoms with Crippen molar-refractivity contribution in [1.82, 2.24) is 0 Å². The SMILES string of the molecule is CCCCCC1C(C)C(CC)C=[N+]2CCCC12OCC. The van der Waals surface area contributed by atoms with Crippen LogP contribution in [0, 0.1) is 17.8 Å². The van der Waals surface area contributed by atoms with Crippen LogP contribution in [0.15, 0.2) is 0 Å². The van der Waals surface area contributed by atoms with Crippen molar-refractivity contribution in [2.24, 2.45) is 17.8 Å². The molecule has 20 heavy (non-hydrogen) atoms. The Morgan fingerprint density at radius 2 is 2.05 bits per heavy atom. The first kappa shape index (κ1) is 16.0. The summed E-state index contributed by atoms with van der Waals surface area (Å²) in [6.07, 6.45) is 11.7. The van der Waals surface area contributed by atoms with Gasteiger partial charge in [-0.15, -0.1) is 0 Å². The molecule has 2 heteroatoms. The molecule has 116 valence electrons. The van der Waals surface area contributed by atoms with Gasteiger partial charge in [0.1, 0.15) is 12.8 Å². The molecule has 2 heterocycles. The van der Waals surface area contributed by atoms with Gasteiger partial charge < -0.3 is 4.74 Å². The van der Waals surface area contributed by atoms with E-state index in [0.717, 1.165) is 18.4 Å². The van der Waals surface area contributed by atoms with Gasteiger partial charge in [-0.25, -0.2) is 4.58 Å². The van der Waals surface area contributed by atoms with E-state index in [2.05, 4.69) is 38.5 Å². The second kappa shape index (κ2) is 7.06. The summed E-state index contributed by atoms with van der Waals surface area (Å²) in [6, 6.07) is 0. The van der Waals surface area contributed by atoms with E-state index in [1.54, 1.807) is 0 Å². The summed E-state index contributed by atoms with van der Waals surface area (Å²) in [7, 11) is 0. The van der Waals surface area contributed by atoms with Crippen LogP contribution in [0.25, 0.3) is 0 Å². The summed E-state index contributed by atoms with van der Waals surface area (Å²) in [4.78, 5) is 0. The van der Waals surface area contributed by atoms with Gasteiger partial charge in [0.25, 0.3) is 5.72 Å². The minimum Gasteiger partial charge on any atom is -0.319 e. The maximum absolute atomic E-state index is 6.40. The number of hydrogen-bond acceptors (Lipinski definition) is 1. The zero-order chi connectivity index (χ0) is 14.6. The second-order valence-electron chi connectivity index (χ2n) is 6.76. The molecular weight excluding hydrogens is 246 g/mol. The van der Waals surface area contributed by atoms with Crippen LogP contribution in [-0.4, -0.2) is 29.7 Å². The number of hydrogen-bond donors (Lipinski definition) is 0.